The Morgan fingerprint density at radius 2 is 2.16 bits per heavy atom. The summed E-state index contributed by atoms with van der Waals surface area (Å²) in [5.74, 6) is 0. The first-order valence-corrected chi connectivity index (χ1v) is 7.80. The molecular weight excluding hydrogens is 260 g/mol. The number of nitrogens with one attached hydrogen (secondary N) is 1. The number of hydrogen-bond donors (Lipinski definition) is 1. The Labute approximate surface area is 117 Å². The van der Waals surface area contributed by atoms with E-state index in [-0.39, 0.29) is 6.03 Å². The Kier molecular flexibility index (Phi) is 3.59. The third-order valence-corrected chi connectivity index (χ3v) is 4.76. The van der Waals surface area contributed by atoms with Gasteiger partial charge in [0.05, 0.1) is 0 Å². The smallest absolute Gasteiger partial charge is 0.317 e. The van der Waals surface area contributed by atoms with Crippen molar-refractivity contribution in [2.45, 2.75) is 37.8 Å². The molecule has 1 aromatic rings. The molecule has 1 aliphatic carbocycles. The number of carbonyl (C=O) groups excluding carboxylic acids is 1. The molecule has 0 unspecified atom stereocenters. The second-order valence-corrected chi connectivity index (χ2v) is 6.24. The first-order chi connectivity index (χ1) is 9.24. The third kappa shape index (κ3) is 3.00. The van der Waals surface area contributed by atoms with E-state index in [1.165, 1.54) is 0 Å². The fourth-order valence-electron chi connectivity index (χ4n) is 2.49. The third-order valence-electron chi connectivity index (χ3n) is 3.93. The maximum atomic E-state index is 12.0. The topological polar surface area (TPSA) is 48.5 Å². The summed E-state index contributed by atoms with van der Waals surface area (Å²) in [5.41, 5.74) is 0. The fourth-order valence-corrected chi connectivity index (χ4v) is 3.19. The van der Waals surface area contributed by atoms with E-state index in [4.69, 9.17) is 0 Å². The number of nitrogens with zero attached hydrogens (tertiary/aromatic N) is 3. The molecule has 19 heavy (non-hydrogen) atoms. The zero-order valence-corrected chi connectivity index (χ0v) is 12.0. The van der Waals surface area contributed by atoms with Crippen LogP contribution >= 0.6 is 11.3 Å². The molecule has 3 rings (SSSR count). The van der Waals surface area contributed by atoms with E-state index in [9.17, 15) is 4.79 Å². The molecular formula is C13H20N4OS. The summed E-state index contributed by atoms with van der Waals surface area (Å²) in [5, 5.41) is 6.25. The Morgan fingerprint density at radius 3 is 2.74 bits per heavy atom. The van der Waals surface area contributed by atoms with Crippen molar-refractivity contribution in [1.82, 2.24) is 15.2 Å². The molecule has 0 spiro atoms. The fraction of sp³-hybridized carbons (Fsp3) is 0.692. The molecule has 6 heteroatoms. The standard InChI is InChI=1S/C13H20N4OS/c1-16(11-2-3-11)12(18)15-10-4-7-17(8-5-10)13-14-6-9-19-13/h6,9-11H,2-5,7-8H2,1H3,(H,15,18). The predicted octanol–water partition coefficient (Wildman–Crippen LogP) is 1.92. The Morgan fingerprint density at radius 1 is 1.42 bits per heavy atom. The van der Waals surface area contributed by atoms with Gasteiger partial charge in [-0.3, -0.25) is 0 Å². The average Bonchev–Trinajstić information content (AvgIpc) is 3.14. The van der Waals surface area contributed by atoms with Gasteiger partial charge >= 0.3 is 6.03 Å². The van der Waals surface area contributed by atoms with Crippen LogP contribution in [0.3, 0.4) is 0 Å². The lowest BCUT2D eigenvalue weighted by atomic mass is 10.1. The van der Waals surface area contributed by atoms with Crippen LogP contribution in [0.4, 0.5) is 9.93 Å². The van der Waals surface area contributed by atoms with Crippen LogP contribution in [0.2, 0.25) is 0 Å². The summed E-state index contributed by atoms with van der Waals surface area (Å²) < 4.78 is 0. The van der Waals surface area contributed by atoms with Gasteiger partial charge in [-0.25, -0.2) is 9.78 Å². The van der Waals surface area contributed by atoms with Crippen LogP contribution in [-0.2, 0) is 0 Å². The zero-order valence-electron chi connectivity index (χ0n) is 11.2. The van der Waals surface area contributed by atoms with Crippen molar-refractivity contribution in [2.75, 3.05) is 25.0 Å². The highest BCUT2D eigenvalue weighted by Gasteiger charge is 2.31. The van der Waals surface area contributed by atoms with Crippen LogP contribution in [0, 0.1) is 0 Å². The van der Waals surface area contributed by atoms with Crippen LogP contribution in [0.5, 0.6) is 0 Å². The van der Waals surface area contributed by atoms with Crippen molar-refractivity contribution in [3.63, 3.8) is 0 Å². The Hall–Kier alpha value is -1.30. The van der Waals surface area contributed by atoms with Gasteiger partial charge in [-0.2, -0.15) is 0 Å². The molecule has 0 bridgehead atoms. The monoisotopic (exact) mass is 280 g/mol. The summed E-state index contributed by atoms with van der Waals surface area (Å²) in [7, 11) is 1.90. The van der Waals surface area contributed by atoms with Crippen molar-refractivity contribution >= 4 is 22.5 Å². The van der Waals surface area contributed by atoms with E-state index in [2.05, 4.69) is 15.2 Å². The number of aromatic nitrogens is 1. The number of carbonyl (C=O) groups is 1. The van der Waals surface area contributed by atoms with Gasteiger partial charge < -0.3 is 15.1 Å². The summed E-state index contributed by atoms with van der Waals surface area (Å²) in [6, 6.07) is 0.885. The molecule has 1 N–H and O–H groups in total. The van der Waals surface area contributed by atoms with Gasteiger partial charge in [0.15, 0.2) is 5.13 Å². The zero-order chi connectivity index (χ0) is 13.2. The van der Waals surface area contributed by atoms with Crippen molar-refractivity contribution < 1.29 is 4.79 Å². The summed E-state index contributed by atoms with van der Waals surface area (Å²) in [6.07, 6.45) is 6.17. The van der Waals surface area contributed by atoms with Crippen LogP contribution < -0.4 is 10.2 Å². The lowest BCUT2D eigenvalue weighted by molar-refractivity contribution is 0.200. The number of thiazole rings is 1. The van der Waals surface area contributed by atoms with E-state index in [1.807, 2.05) is 23.5 Å². The van der Waals surface area contributed by atoms with Crippen LogP contribution in [0.1, 0.15) is 25.7 Å². The molecule has 1 aromatic heterocycles. The van der Waals surface area contributed by atoms with Crippen molar-refractivity contribution in [3.05, 3.63) is 11.6 Å². The maximum absolute atomic E-state index is 12.0. The molecule has 0 aromatic carbocycles. The summed E-state index contributed by atoms with van der Waals surface area (Å²) in [6.45, 7) is 1.96. The van der Waals surface area contributed by atoms with E-state index >= 15 is 0 Å². The molecule has 0 radical (unpaired) electrons. The molecule has 0 atom stereocenters. The molecule has 104 valence electrons. The minimum absolute atomic E-state index is 0.0928. The first-order valence-electron chi connectivity index (χ1n) is 6.92. The predicted molar refractivity (Wildman–Crippen MR) is 76.7 cm³/mol. The molecule has 5 nitrogen and oxygen atoms in total. The molecule has 1 aliphatic heterocycles. The number of piperidine rings is 1. The minimum atomic E-state index is 0.0928. The van der Waals surface area contributed by atoms with Gasteiger partial charge in [-0.1, -0.05) is 0 Å². The van der Waals surface area contributed by atoms with Crippen LogP contribution in [0.15, 0.2) is 11.6 Å². The molecule has 2 fully saturated rings. The van der Waals surface area contributed by atoms with Crippen LogP contribution in [-0.4, -0.2) is 48.1 Å². The van der Waals surface area contributed by atoms with Crippen molar-refractivity contribution in [1.29, 1.82) is 0 Å². The molecule has 1 saturated heterocycles. The number of urea groups is 1. The van der Waals surface area contributed by atoms with Crippen LogP contribution in [0.25, 0.3) is 0 Å². The number of amides is 2. The second-order valence-electron chi connectivity index (χ2n) is 5.37. The first kappa shape index (κ1) is 12.7. The number of hydrogen-bond acceptors (Lipinski definition) is 4. The quantitative estimate of drug-likeness (QED) is 0.920. The highest BCUT2D eigenvalue weighted by atomic mass is 32.1. The average molecular weight is 280 g/mol. The van der Waals surface area contributed by atoms with E-state index in [0.29, 0.717) is 12.1 Å². The van der Waals surface area contributed by atoms with E-state index in [1.54, 1.807) is 11.3 Å². The lowest BCUT2D eigenvalue weighted by Crippen LogP contribution is -2.48. The summed E-state index contributed by atoms with van der Waals surface area (Å²) >= 11 is 1.68. The van der Waals surface area contributed by atoms with E-state index < -0.39 is 0 Å². The number of anilines is 1. The van der Waals surface area contributed by atoms with Gasteiger partial charge in [0.1, 0.15) is 0 Å². The van der Waals surface area contributed by atoms with Crippen molar-refractivity contribution in [2.24, 2.45) is 0 Å². The Balaban J connectivity index is 1.46. The SMILES string of the molecule is CN(C(=O)NC1CCN(c2nccs2)CC1)C1CC1. The molecule has 2 heterocycles. The van der Waals surface area contributed by atoms with Gasteiger partial charge in [-0.05, 0) is 25.7 Å². The van der Waals surface area contributed by atoms with Gasteiger partial charge in [0.2, 0.25) is 0 Å². The molecule has 2 amide bonds. The van der Waals surface area contributed by atoms with Crippen molar-refractivity contribution in [3.8, 4) is 0 Å². The van der Waals surface area contributed by atoms with Gasteiger partial charge in [-0.15, -0.1) is 11.3 Å². The molecule has 2 aliphatic rings. The minimum Gasteiger partial charge on any atom is -0.348 e. The Bertz CT molecular complexity index is 424. The summed E-state index contributed by atoms with van der Waals surface area (Å²) in [4.78, 5) is 20.5. The second kappa shape index (κ2) is 5.36. The maximum Gasteiger partial charge on any atom is 0.317 e. The van der Waals surface area contributed by atoms with Gasteiger partial charge in [0.25, 0.3) is 0 Å². The van der Waals surface area contributed by atoms with E-state index in [0.717, 1.165) is 43.9 Å². The van der Waals surface area contributed by atoms with Gasteiger partial charge in [0, 0.05) is 43.8 Å². The largest absolute Gasteiger partial charge is 0.348 e. The normalized spacial score (nSPS) is 20.4. The highest BCUT2D eigenvalue weighted by molar-refractivity contribution is 7.13. The number of rotatable bonds is 3. The highest BCUT2D eigenvalue weighted by Crippen LogP contribution is 2.26. The lowest BCUT2D eigenvalue weighted by Gasteiger charge is -2.33. The molecule has 1 saturated carbocycles.